The average Bonchev–Trinajstić information content (AvgIpc) is 2.56. The first-order valence-corrected chi connectivity index (χ1v) is 8.32. The van der Waals surface area contributed by atoms with Gasteiger partial charge in [0, 0.05) is 11.3 Å². The van der Waals surface area contributed by atoms with Crippen LogP contribution < -0.4 is 16.8 Å². The number of nitrogens with one attached hydrogen (secondary N) is 1. The van der Waals surface area contributed by atoms with Crippen molar-refractivity contribution >= 4 is 34.2 Å². The Hall–Kier alpha value is -2.61. The van der Waals surface area contributed by atoms with Crippen molar-refractivity contribution < 1.29 is 9.18 Å². The smallest absolute Gasteiger partial charge is 0.274 e. The van der Waals surface area contributed by atoms with Crippen molar-refractivity contribution in [3.63, 3.8) is 0 Å². The van der Waals surface area contributed by atoms with Gasteiger partial charge in [-0.3, -0.25) is 9.79 Å². The first-order valence-electron chi connectivity index (χ1n) is 7.10. The van der Waals surface area contributed by atoms with Gasteiger partial charge in [0.15, 0.2) is 5.17 Å². The van der Waals surface area contributed by atoms with E-state index in [4.69, 9.17) is 11.5 Å². The summed E-state index contributed by atoms with van der Waals surface area (Å²) in [7, 11) is 0. The topological polar surface area (TPSA) is 106 Å². The van der Waals surface area contributed by atoms with E-state index >= 15 is 0 Å². The van der Waals surface area contributed by atoms with Gasteiger partial charge in [-0.1, -0.05) is 11.8 Å². The molecule has 8 heteroatoms. The second kappa shape index (κ2) is 7.78. The van der Waals surface area contributed by atoms with Crippen LogP contribution >= 0.6 is 11.8 Å². The second-order valence-corrected chi connectivity index (χ2v) is 5.84. The lowest BCUT2D eigenvalue weighted by molar-refractivity contribution is 0.102. The Morgan fingerprint density at radius 3 is 2.75 bits per heavy atom. The number of benzene rings is 1. The lowest BCUT2D eigenvalue weighted by Gasteiger charge is -2.12. The number of thioether (sulfide) groups is 1. The van der Waals surface area contributed by atoms with Crippen LogP contribution in [0.25, 0.3) is 0 Å². The van der Waals surface area contributed by atoms with Crippen LogP contribution in [0.3, 0.4) is 0 Å². The third-order valence-electron chi connectivity index (χ3n) is 3.25. The van der Waals surface area contributed by atoms with Gasteiger partial charge in [-0.25, -0.2) is 9.37 Å². The highest BCUT2D eigenvalue weighted by Crippen LogP contribution is 2.24. The maximum Gasteiger partial charge on any atom is 0.274 e. The maximum atomic E-state index is 14.0. The molecular weight excluding hydrogens is 329 g/mol. The average molecular weight is 347 g/mol. The number of aromatic nitrogens is 1. The lowest BCUT2D eigenvalue weighted by Crippen LogP contribution is -2.14. The molecule has 1 unspecified atom stereocenters. The minimum absolute atomic E-state index is 0.216. The monoisotopic (exact) mass is 347 g/mol. The molecular formula is C16H18FN5OS. The first kappa shape index (κ1) is 17.7. The lowest BCUT2D eigenvalue weighted by atomic mass is 10.1. The van der Waals surface area contributed by atoms with E-state index in [0.717, 1.165) is 0 Å². The highest BCUT2D eigenvalue weighted by atomic mass is 32.2. The van der Waals surface area contributed by atoms with Crippen LogP contribution in [0.5, 0.6) is 0 Å². The molecule has 0 saturated heterocycles. The summed E-state index contributed by atoms with van der Waals surface area (Å²) in [6.07, 6.45) is 3.19. The normalized spacial score (nSPS) is 12.7. The van der Waals surface area contributed by atoms with Crippen LogP contribution in [0, 0.1) is 5.82 Å². The summed E-state index contributed by atoms with van der Waals surface area (Å²) >= 11 is 1.28. The Kier molecular flexibility index (Phi) is 5.75. The van der Waals surface area contributed by atoms with E-state index < -0.39 is 17.8 Å². The zero-order valence-electron chi connectivity index (χ0n) is 13.3. The van der Waals surface area contributed by atoms with Crippen molar-refractivity contribution in [3.8, 4) is 0 Å². The summed E-state index contributed by atoms with van der Waals surface area (Å²) in [5, 5.41) is 3.04. The number of amidine groups is 1. The van der Waals surface area contributed by atoms with Crippen LogP contribution in [0.1, 0.15) is 29.0 Å². The number of nitrogens with two attached hydrogens (primary N) is 2. The van der Waals surface area contributed by atoms with Gasteiger partial charge in [0.25, 0.3) is 5.91 Å². The number of nitrogens with zero attached hydrogens (tertiary/aromatic N) is 2. The number of rotatable bonds is 4. The number of hydrogen-bond donors (Lipinski definition) is 3. The molecule has 6 nitrogen and oxygen atoms in total. The molecule has 0 radical (unpaired) electrons. The number of nitrogen functional groups attached to an aromatic ring is 1. The largest absolute Gasteiger partial charge is 0.397 e. The predicted molar refractivity (Wildman–Crippen MR) is 96.6 cm³/mol. The summed E-state index contributed by atoms with van der Waals surface area (Å²) in [6, 6.07) is 6.92. The zero-order valence-corrected chi connectivity index (χ0v) is 14.1. The summed E-state index contributed by atoms with van der Waals surface area (Å²) in [5.41, 5.74) is 12.7. The van der Waals surface area contributed by atoms with E-state index in [1.165, 1.54) is 42.2 Å². The van der Waals surface area contributed by atoms with Crippen molar-refractivity contribution in [3.05, 3.63) is 53.6 Å². The van der Waals surface area contributed by atoms with E-state index in [1.54, 1.807) is 19.2 Å². The minimum Gasteiger partial charge on any atom is -0.397 e. The zero-order chi connectivity index (χ0) is 17.7. The van der Waals surface area contributed by atoms with Crippen molar-refractivity contribution in [2.75, 3.05) is 17.3 Å². The van der Waals surface area contributed by atoms with Gasteiger partial charge in [-0.2, -0.15) is 0 Å². The van der Waals surface area contributed by atoms with Gasteiger partial charge in [0.1, 0.15) is 11.5 Å². The summed E-state index contributed by atoms with van der Waals surface area (Å²) in [4.78, 5) is 20.3. The van der Waals surface area contributed by atoms with E-state index in [1.807, 2.05) is 0 Å². The number of pyridine rings is 1. The molecule has 126 valence electrons. The van der Waals surface area contributed by atoms with Gasteiger partial charge in [-0.05, 0) is 43.5 Å². The number of aliphatic imine (C=N–C) groups is 1. The van der Waals surface area contributed by atoms with Crippen molar-refractivity contribution in [1.82, 2.24) is 4.98 Å². The molecule has 2 rings (SSSR count). The molecule has 1 aromatic carbocycles. The number of halogens is 1. The summed E-state index contributed by atoms with van der Waals surface area (Å²) in [5.74, 6) is -0.823. The molecule has 1 aromatic heterocycles. The Balaban J connectivity index is 2.21. The highest BCUT2D eigenvalue weighted by molar-refractivity contribution is 8.13. The van der Waals surface area contributed by atoms with Gasteiger partial charge >= 0.3 is 0 Å². The Morgan fingerprint density at radius 1 is 1.38 bits per heavy atom. The van der Waals surface area contributed by atoms with E-state index in [9.17, 15) is 9.18 Å². The third-order valence-corrected chi connectivity index (χ3v) is 3.78. The summed E-state index contributed by atoms with van der Waals surface area (Å²) < 4.78 is 14.0. The molecule has 1 amide bonds. The van der Waals surface area contributed by atoms with Gasteiger partial charge in [0.05, 0.1) is 17.9 Å². The van der Waals surface area contributed by atoms with Gasteiger partial charge in [0.2, 0.25) is 0 Å². The molecule has 1 heterocycles. The second-order valence-electron chi connectivity index (χ2n) is 5.01. The first-order chi connectivity index (χ1) is 11.4. The Bertz CT molecular complexity index is 764. The third kappa shape index (κ3) is 4.45. The minimum atomic E-state index is -0.469. The van der Waals surface area contributed by atoms with Crippen LogP contribution in [0.2, 0.25) is 0 Å². The Morgan fingerprint density at radius 2 is 2.12 bits per heavy atom. The van der Waals surface area contributed by atoms with Gasteiger partial charge in [-0.15, -0.1) is 0 Å². The standard InChI is InChI=1S/C16H18FN5OS/c1-9(21-16(19)24-2)12-7-11(4-5-13(12)17)22-15(23)14-6-3-10(18)8-20-14/h3-9H,18H2,1-2H3,(H2,19,21)(H,22,23). The molecule has 0 aliphatic carbocycles. The SMILES string of the molecule is CS/C(N)=N\C(C)c1cc(NC(=O)c2ccc(N)cn2)ccc1F. The van der Waals surface area contributed by atoms with Crippen LogP contribution in [0.15, 0.2) is 41.5 Å². The quantitative estimate of drug-likeness (QED) is 0.582. The molecule has 1 atom stereocenters. The predicted octanol–water partition coefficient (Wildman–Crippen LogP) is 2.79. The summed E-state index contributed by atoms with van der Waals surface area (Å²) in [6.45, 7) is 1.73. The number of carbonyl (C=O) groups excluding carboxylic acids is 1. The number of anilines is 2. The van der Waals surface area contributed by atoms with E-state index in [-0.39, 0.29) is 5.69 Å². The molecule has 5 N–H and O–H groups in total. The maximum absolute atomic E-state index is 14.0. The Labute approximate surface area is 143 Å². The number of hydrogen-bond acceptors (Lipinski definition) is 5. The molecule has 0 bridgehead atoms. The van der Waals surface area contributed by atoms with Crippen LogP contribution in [-0.4, -0.2) is 22.3 Å². The molecule has 2 aromatic rings. The molecule has 0 saturated carbocycles. The number of amides is 1. The number of carbonyl (C=O) groups is 1. The van der Waals surface area contributed by atoms with Crippen molar-refractivity contribution in [2.24, 2.45) is 10.7 Å². The molecule has 0 aliphatic rings. The molecule has 0 fully saturated rings. The van der Waals surface area contributed by atoms with E-state index in [0.29, 0.717) is 22.1 Å². The fourth-order valence-electron chi connectivity index (χ4n) is 1.99. The van der Waals surface area contributed by atoms with Crippen molar-refractivity contribution in [1.29, 1.82) is 0 Å². The highest BCUT2D eigenvalue weighted by Gasteiger charge is 2.13. The fourth-order valence-corrected chi connectivity index (χ4v) is 2.25. The fraction of sp³-hybridized carbons (Fsp3) is 0.188. The molecule has 0 aliphatic heterocycles. The van der Waals surface area contributed by atoms with Crippen LogP contribution in [-0.2, 0) is 0 Å². The molecule has 24 heavy (non-hydrogen) atoms. The van der Waals surface area contributed by atoms with Crippen molar-refractivity contribution in [2.45, 2.75) is 13.0 Å². The van der Waals surface area contributed by atoms with Gasteiger partial charge < -0.3 is 16.8 Å². The van der Waals surface area contributed by atoms with Crippen LogP contribution in [0.4, 0.5) is 15.8 Å². The molecule has 0 spiro atoms. The van der Waals surface area contributed by atoms with E-state index in [2.05, 4.69) is 15.3 Å².